The SMILES string of the molecule is C#Cc1cccc(NC(C)CC(C)(C)c2ccccc2)c1. The van der Waals surface area contributed by atoms with Crippen molar-refractivity contribution in [2.45, 2.75) is 38.6 Å². The van der Waals surface area contributed by atoms with Gasteiger partial charge in [-0.1, -0.05) is 56.2 Å². The van der Waals surface area contributed by atoms with Gasteiger partial charge >= 0.3 is 0 Å². The summed E-state index contributed by atoms with van der Waals surface area (Å²) >= 11 is 0. The van der Waals surface area contributed by atoms with E-state index < -0.39 is 0 Å². The molecule has 0 aliphatic heterocycles. The molecule has 0 saturated heterocycles. The number of rotatable bonds is 5. The molecule has 1 atom stereocenters. The molecule has 1 unspecified atom stereocenters. The summed E-state index contributed by atoms with van der Waals surface area (Å²) in [6, 6.07) is 19.1. The minimum atomic E-state index is 0.136. The number of terminal acetylenes is 1. The fraction of sp³-hybridized carbons (Fsp3) is 0.300. The third kappa shape index (κ3) is 4.13. The molecule has 0 spiro atoms. The van der Waals surface area contributed by atoms with Crippen LogP contribution in [0.15, 0.2) is 54.6 Å². The Hall–Kier alpha value is -2.20. The van der Waals surface area contributed by atoms with E-state index in [1.54, 1.807) is 0 Å². The molecule has 2 rings (SSSR count). The summed E-state index contributed by atoms with van der Waals surface area (Å²) in [5.41, 5.74) is 3.50. The maximum absolute atomic E-state index is 5.45. The monoisotopic (exact) mass is 277 g/mol. The molecule has 1 N–H and O–H groups in total. The highest BCUT2D eigenvalue weighted by molar-refractivity contribution is 5.50. The molecular weight excluding hydrogens is 254 g/mol. The lowest BCUT2D eigenvalue weighted by atomic mass is 9.79. The summed E-state index contributed by atoms with van der Waals surface area (Å²) in [5.74, 6) is 2.67. The zero-order valence-corrected chi connectivity index (χ0v) is 13.1. The van der Waals surface area contributed by atoms with Gasteiger partial charge in [-0.05, 0) is 42.5 Å². The summed E-state index contributed by atoms with van der Waals surface area (Å²) in [4.78, 5) is 0. The molecule has 0 amide bonds. The van der Waals surface area contributed by atoms with Crippen LogP contribution in [0.4, 0.5) is 5.69 Å². The molecule has 21 heavy (non-hydrogen) atoms. The highest BCUT2D eigenvalue weighted by Gasteiger charge is 2.23. The summed E-state index contributed by atoms with van der Waals surface area (Å²) in [6.45, 7) is 6.80. The Morgan fingerprint density at radius 2 is 1.81 bits per heavy atom. The average molecular weight is 277 g/mol. The first kappa shape index (κ1) is 15.2. The predicted octanol–water partition coefficient (Wildman–Crippen LogP) is 4.84. The Morgan fingerprint density at radius 3 is 2.48 bits per heavy atom. The molecule has 1 heteroatoms. The molecule has 0 aromatic heterocycles. The van der Waals surface area contributed by atoms with Crippen LogP contribution >= 0.6 is 0 Å². The van der Waals surface area contributed by atoms with E-state index in [0.29, 0.717) is 6.04 Å². The lowest BCUT2D eigenvalue weighted by Gasteiger charge is -2.29. The number of hydrogen-bond acceptors (Lipinski definition) is 1. The van der Waals surface area contributed by atoms with Crippen molar-refractivity contribution in [2.75, 3.05) is 5.32 Å². The molecule has 108 valence electrons. The molecule has 0 aliphatic rings. The first-order valence-electron chi connectivity index (χ1n) is 7.40. The number of anilines is 1. The molecule has 0 bridgehead atoms. The Kier molecular flexibility index (Phi) is 4.70. The largest absolute Gasteiger partial charge is 0.383 e. The second-order valence-corrected chi connectivity index (χ2v) is 6.22. The van der Waals surface area contributed by atoms with Crippen molar-refractivity contribution in [3.05, 3.63) is 65.7 Å². The summed E-state index contributed by atoms with van der Waals surface area (Å²) < 4.78 is 0. The van der Waals surface area contributed by atoms with Gasteiger partial charge in [0.15, 0.2) is 0 Å². The van der Waals surface area contributed by atoms with E-state index in [4.69, 9.17) is 6.42 Å². The zero-order chi connectivity index (χ0) is 15.3. The van der Waals surface area contributed by atoms with E-state index in [1.807, 2.05) is 18.2 Å². The molecule has 0 fully saturated rings. The van der Waals surface area contributed by atoms with E-state index >= 15 is 0 Å². The van der Waals surface area contributed by atoms with Gasteiger partial charge in [0.25, 0.3) is 0 Å². The Bertz CT molecular complexity index is 620. The highest BCUT2D eigenvalue weighted by Crippen LogP contribution is 2.29. The lowest BCUT2D eigenvalue weighted by Crippen LogP contribution is -2.27. The molecule has 0 radical (unpaired) electrons. The van der Waals surface area contributed by atoms with Crippen molar-refractivity contribution in [1.29, 1.82) is 0 Å². The van der Waals surface area contributed by atoms with Gasteiger partial charge in [-0.25, -0.2) is 0 Å². The van der Waals surface area contributed by atoms with Crippen molar-refractivity contribution >= 4 is 5.69 Å². The topological polar surface area (TPSA) is 12.0 Å². The standard InChI is InChI=1S/C20H23N/c1-5-17-10-9-13-19(14-17)21-16(2)15-20(3,4)18-11-7-6-8-12-18/h1,6-14,16,21H,15H2,2-4H3. The van der Waals surface area contributed by atoms with E-state index in [-0.39, 0.29) is 5.41 Å². The Morgan fingerprint density at radius 1 is 1.10 bits per heavy atom. The van der Waals surface area contributed by atoms with Crippen LogP contribution in [0.5, 0.6) is 0 Å². The fourth-order valence-corrected chi connectivity index (χ4v) is 2.81. The van der Waals surface area contributed by atoms with Crippen LogP contribution in [0.2, 0.25) is 0 Å². The average Bonchev–Trinajstić information content (AvgIpc) is 2.47. The van der Waals surface area contributed by atoms with Crippen molar-refractivity contribution < 1.29 is 0 Å². The molecule has 2 aromatic carbocycles. The normalized spacial score (nSPS) is 12.5. The second kappa shape index (κ2) is 6.50. The Labute approximate surface area is 128 Å². The minimum absolute atomic E-state index is 0.136. The Balaban J connectivity index is 2.04. The van der Waals surface area contributed by atoms with E-state index in [1.165, 1.54) is 5.56 Å². The molecule has 1 nitrogen and oxygen atoms in total. The van der Waals surface area contributed by atoms with Crippen LogP contribution in [0.1, 0.15) is 38.3 Å². The first-order chi connectivity index (χ1) is 10.0. The highest BCUT2D eigenvalue weighted by atomic mass is 14.9. The van der Waals surface area contributed by atoms with Crippen molar-refractivity contribution in [2.24, 2.45) is 0 Å². The van der Waals surface area contributed by atoms with Gasteiger partial charge in [-0.3, -0.25) is 0 Å². The molecule has 2 aromatic rings. The molecule has 0 saturated carbocycles. The van der Waals surface area contributed by atoms with Gasteiger partial charge < -0.3 is 5.32 Å². The van der Waals surface area contributed by atoms with E-state index in [2.05, 4.69) is 68.4 Å². The van der Waals surface area contributed by atoms with Crippen molar-refractivity contribution in [1.82, 2.24) is 0 Å². The van der Waals surface area contributed by atoms with Crippen LogP contribution in [0.3, 0.4) is 0 Å². The molecule has 0 heterocycles. The van der Waals surface area contributed by atoms with Gasteiger partial charge in [0.2, 0.25) is 0 Å². The van der Waals surface area contributed by atoms with Gasteiger partial charge in [-0.2, -0.15) is 0 Å². The number of benzene rings is 2. The second-order valence-electron chi connectivity index (χ2n) is 6.22. The van der Waals surface area contributed by atoms with Crippen LogP contribution in [0.25, 0.3) is 0 Å². The first-order valence-corrected chi connectivity index (χ1v) is 7.40. The third-order valence-corrected chi connectivity index (χ3v) is 3.81. The summed E-state index contributed by atoms with van der Waals surface area (Å²) in [5, 5.41) is 3.55. The van der Waals surface area contributed by atoms with Crippen LogP contribution in [-0.2, 0) is 5.41 Å². The van der Waals surface area contributed by atoms with E-state index in [0.717, 1.165) is 17.7 Å². The number of hydrogen-bond donors (Lipinski definition) is 1. The molecular formula is C20H23N. The van der Waals surface area contributed by atoms with Gasteiger partial charge in [0.05, 0.1) is 0 Å². The van der Waals surface area contributed by atoms with Gasteiger partial charge in [0, 0.05) is 17.3 Å². The fourth-order valence-electron chi connectivity index (χ4n) is 2.81. The zero-order valence-electron chi connectivity index (χ0n) is 13.1. The smallest absolute Gasteiger partial charge is 0.0354 e. The number of nitrogens with one attached hydrogen (secondary N) is 1. The maximum Gasteiger partial charge on any atom is 0.0354 e. The lowest BCUT2D eigenvalue weighted by molar-refractivity contribution is 0.450. The summed E-state index contributed by atoms with van der Waals surface area (Å²) in [7, 11) is 0. The van der Waals surface area contributed by atoms with E-state index in [9.17, 15) is 0 Å². The van der Waals surface area contributed by atoms with Gasteiger partial charge in [-0.15, -0.1) is 6.42 Å². The quantitative estimate of drug-likeness (QED) is 0.771. The minimum Gasteiger partial charge on any atom is -0.383 e. The predicted molar refractivity (Wildman–Crippen MR) is 91.5 cm³/mol. The van der Waals surface area contributed by atoms with Crippen LogP contribution in [-0.4, -0.2) is 6.04 Å². The van der Waals surface area contributed by atoms with Crippen LogP contribution in [0, 0.1) is 12.3 Å². The summed E-state index contributed by atoms with van der Waals surface area (Å²) in [6.07, 6.45) is 6.50. The maximum atomic E-state index is 5.45. The molecule has 0 aliphatic carbocycles. The van der Waals surface area contributed by atoms with Crippen molar-refractivity contribution in [3.8, 4) is 12.3 Å². The van der Waals surface area contributed by atoms with Gasteiger partial charge in [0.1, 0.15) is 0 Å². The van der Waals surface area contributed by atoms with Crippen LogP contribution < -0.4 is 5.32 Å². The third-order valence-electron chi connectivity index (χ3n) is 3.81. The van der Waals surface area contributed by atoms with Crippen molar-refractivity contribution in [3.63, 3.8) is 0 Å².